The van der Waals surface area contributed by atoms with Crippen molar-refractivity contribution in [2.24, 2.45) is 0 Å². The number of benzene rings is 2. The molecule has 0 fully saturated rings. The maximum atomic E-state index is 12.9. The molecule has 0 aliphatic rings. The van der Waals surface area contributed by atoms with Crippen LogP contribution in [0, 0.1) is 5.82 Å². The van der Waals surface area contributed by atoms with Gasteiger partial charge in [-0.25, -0.2) is 4.39 Å². The van der Waals surface area contributed by atoms with Crippen molar-refractivity contribution >= 4 is 21.6 Å². The fourth-order valence-corrected chi connectivity index (χ4v) is 2.05. The zero-order valence-corrected chi connectivity index (χ0v) is 11.3. The van der Waals surface area contributed by atoms with Crippen molar-refractivity contribution in [2.75, 3.05) is 5.73 Å². The van der Waals surface area contributed by atoms with Crippen molar-refractivity contribution in [2.45, 2.75) is 13.2 Å². The Morgan fingerprint density at radius 2 is 1.94 bits per heavy atom. The molecule has 2 N–H and O–H groups in total. The topological polar surface area (TPSA) is 35.2 Å². The van der Waals surface area contributed by atoms with E-state index in [0.29, 0.717) is 18.9 Å². The van der Waals surface area contributed by atoms with Crippen molar-refractivity contribution in [3.8, 4) is 0 Å². The first-order chi connectivity index (χ1) is 8.65. The van der Waals surface area contributed by atoms with E-state index >= 15 is 0 Å². The van der Waals surface area contributed by atoms with Gasteiger partial charge in [-0.2, -0.15) is 0 Å². The van der Waals surface area contributed by atoms with E-state index in [-0.39, 0.29) is 5.82 Å². The first kappa shape index (κ1) is 13.1. The maximum absolute atomic E-state index is 12.9. The van der Waals surface area contributed by atoms with E-state index < -0.39 is 0 Å². The zero-order valence-electron chi connectivity index (χ0n) is 9.70. The predicted octanol–water partition coefficient (Wildman–Crippen LogP) is 3.89. The minimum Gasteiger partial charge on any atom is -0.398 e. The SMILES string of the molecule is Nc1cc(F)ccc1COCc1cccc(Br)c1. The van der Waals surface area contributed by atoms with Gasteiger partial charge in [0.15, 0.2) is 0 Å². The normalized spacial score (nSPS) is 10.6. The molecule has 0 unspecified atom stereocenters. The lowest BCUT2D eigenvalue weighted by Crippen LogP contribution is -1.99. The maximum Gasteiger partial charge on any atom is 0.125 e. The lowest BCUT2D eigenvalue weighted by atomic mass is 10.2. The summed E-state index contributed by atoms with van der Waals surface area (Å²) in [7, 11) is 0. The van der Waals surface area contributed by atoms with Crippen molar-refractivity contribution in [3.63, 3.8) is 0 Å². The highest BCUT2D eigenvalue weighted by Crippen LogP contribution is 2.16. The van der Waals surface area contributed by atoms with Crippen LogP contribution in [-0.4, -0.2) is 0 Å². The fourth-order valence-electron chi connectivity index (χ4n) is 1.60. The molecule has 94 valence electrons. The average molecular weight is 310 g/mol. The molecule has 0 saturated heterocycles. The van der Waals surface area contributed by atoms with Gasteiger partial charge in [0.25, 0.3) is 0 Å². The quantitative estimate of drug-likeness (QED) is 0.870. The van der Waals surface area contributed by atoms with Crippen LogP contribution in [0.5, 0.6) is 0 Å². The van der Waals surface area contributed by atoms with Crippen LogP contribution in [0.3, 0.4) is 0 Å². The monoisotopic (exact) mass is 309 g/mol. The van der Waals surface area contributed by atoms with Gasteiger partial charge in [0, 0.05) is 15.7 Å². The van der Waals surface area contributed by atoms with Gasteiger partial charge in [-0.1, -0.05) is 34.1 Å². The summed E-state index contributed by atoms with van der Waals surface area (Å²) in [5.41, 5.74) is 7.99. The number of ether oxygens (including phenoxy) is 1. The van der Waals surface area contributed by atoms with Gasteiger partial charge in [0.05, 0.1) is 13.2 Å². The summed E-state index contributed by atoms with van der Waals surface area (Å²) in [6, 6.07) is 12.2. The molecule has 0 saturated carbocycles. The second-order valence-electron chi connectivity index (χ2n) is 3.97. The molecule has 2 nitrogen and oxygen atoms in total. The Hall–Kier alpha value is -1.39. The molecule has 0 aliphatic heterocycles. The molecular formula is C14H13BrFNO. The molecule has 4 heteroatoms. The first-order valence-corrected chi connectivity index (χ1v) is 6.30. The van der Waals surface area contributed by atoms with E-state index in [0.717, 1.165) is 15.6 Å². The number of hydrogen-bond acceptors (Lipinski definition) is 2. The average Bonchev–Trinajstić information content (AvgIpc) is 2.32. The molecule has 0 radical (unpaired) electrons. The molecular weight excluding hydrogens is 297 g/mol. The van der Waals surface area contributed by atoms with E-state index in [1.54, 1.807) is 6.07 Å². The van der Waals surface area contributed by atoms with Crippen molar-refractivity contribution in [1.29, 1.82) is 0 Å². The lowest BCUT2D eigenvalue weighted by molar-refractivity contribution is 0.107. The van der Waals surface area contributed by atoms with E-state index in [9.17, 15) is 4.39 Å². The number of rotatable bonds is 4. The van der Waals surface area contributed by atoms with Crippen molar-refractivity contribution in [3.05, 3.63) is 63.9 Å². The molecule has 0 aliphatic carbocycles. The Balaban J connectivity index is 1.92. The number of nitrogens with two attached hydrogens (primary N) is 1. The van der Waals surface area contributed by atoms with Crippen LogP contribution in [0.4, 0.5) is 10.1 Å². The van der Waals surface area contributed by atoms with Gasteiger partial charge < -0.3 is 10.5 Å². The predicted molar refractivity (Wildman–Crippen MR) is 73.4 cm³/mol. The van der Waals surface area contributed by atoms with Crippen LogP contribution < -0.4 is 5.73 Å². The van der Waals surface area contributed by atoms with E-state index in [2.05, 4.69) is 15.9 Å². The lowest BCUT2D eigenvalue weighted by Gasteiger charge is -2.07. The Bertz CT molecular complexity index is 545. The minimum absolute atomic E-state index is 0.330. The highest BCUT2D eigenvalue weighted by molar-refractivity contribution is 9.10. The van der Waals surface area contributed by atoms with Crippen LogP contribution in [0.25, 0.3) is 0 Å². The number of nitrogen functional groups attached to an aromatic ring is 1. The third-order valence-corrected chi connectivity index (χ3v) is 3.02. The highest BCUT2D eigenvalue weighted by Gasteiger charge is 2.01. The van der Waals surface area contributed by atoms with Crippen LogP contribution in [0.15, 0.2) is 46.9 Å². The van der Waals surface area contributed by atoms with E-state index in [1.807, 2.05) is 24.3 Å². The third kappa shape index (κ3) is 3.55. The highest BCUT2D eigenvalue weighted by atomic mass is 79.9. The summed E-state index contributed by atoms with van der Waals surface area (Å²) in [6.07, 6.45) is 0. The van der Waals surface area contributed by atoms with E-state index in [4.69, 9.17) is 10.5 Å². The summed E-state index contributed by atoms with van der Waals surface area (Å²) < 4.78 is 19.4. The van der Waals surface area contributed by atoms with Gasteiger partial charge in [-0.05, 0) is 29.8 Å². The summed E-state index contributed by atoms with van der Waals surface area (Å²) >= 11 is 3.40. The van der Waals surface area contributed by atoms with Gasteiger partial charge in [-0.3, -0.25) is 0 Å². The van der Waals surface area contributed by atoms with Gasteiger partial charge in [0.1, 0.15) is 5.82 Å². The molecule has 2 aromatic rings. The standard InChI is InChI=1S/C14H13BrFNO/c15-12-3-1-2-10(6-12)8-18-9-11-4-5-13(16)7-14(11)17/h1-7H,8-9,17H2. The molecule has 2 aromatic carbocycles. The zero-order chi connectivity index (χ0) is 13.0. The summed E-state index contributed by atoms with van der Waals surface area (Å²) in [4.78, 5) is 0. The largest absolute Gasteiger partial charge is 0.398 e. The van der Waals surface area contributed by atoms with Gasteiger partial charge >= 0.3 is 0 Å². The summed E-state index contributed by atoms with van der Waals surface area (Å²) in [5, 5.41) is 0. The van der Waals surface area contributed by atoms with Crippen LogP contribution in [0.2, 0.25) is 0 Å². The molecule has 0 amide bonds. The Morgan fingerprint density at radius 1 is 1.11 bits per heavy atom. The van der Waals surface area contributed by atoms with Gasteiger partial charge in [-0.15, -0.1) is 0 Å². The molecule has 0 heterocycles. The van der Waals surface area contributed by atoms with Crippen LogP contribution >= 0.6 is 15.9 Å². The Kier molecular flexibility index (Phi) is 4.33. The van der Waals surface area contributed by atoms with Crippen molar-refractivity contribution < 1.29 is 9.13 Å². The Labute approximate surface area is 114 Å². The molecule has 18 heavy (non-hydrogen) atoms. The summed E-state index contributed by atoms with van der Waals surface area (Å²) in [5.74, 6) is -0.330. The number of anilines is 1. The fraction of sp³-hybridized carbons (Fsp3) is 0.143. The molecule has 2 rings (SSSR count). The third-order valence-electron chi connectivity index (χ3n) is 2.52. The summed E-state index contributed by atoms with van der Waals surface area (Å²) in [6.45, 7) is 0.870. The molecule has 0 bridgehead atoms. The molecule has 0 aromatic heterocycles. The minimum atomic E-state index is -0.330. The van der Waals surface area contributed by atoms with Crippen LogP contribution in [0.1, 0.15) is 11.1 Å². The Morgan fingerprint density at radius 3 is 2.67 bits per heavy atom. The molecule has 0 atom stereocenters. The second-order valence-corrected chi connectivity index (χ2v) is 4.88. The second kappa shape index (κ2) is 5.98. The van der Waals surface area contributed by atoms with E-state index in [1.165, 1.54) is 12.1 Å². The van der Waals surface area contributed by atoms with Crippen molar-refractivity contribution in [1.82, 2.24) is 0 Å². The number of hydrogen-bond donors (Lipinski definition) is 1. The molecule has 0 spiro atoms. The smallest absolute Gasteiger partial charge is 0.125 e. The van der Waals surface area contributed by atoms with Gasteiger partial charge in [0.2, 0.25) is 0 Å². The number of halogens is 2. The first-order valence-electron chi connectivity index (χ1n) is 5.51. The van der Waals surface area contributed by atoms with Crippen LogP contribution in [-0.2, 0) is 18.0 Å².